The van der Waals surface area contributed by atoms with Crippen LogP contribution in [0.25, 0.3) is 0 Å². The van der Waals surface area contributed by atoms with Crippen molar-refractivity contribution in [3.05, 3.63) is 58.0 Å². The zero-order valence-corrected chi connectivity index (χ0v) is 21.3. The average molecular weight is 537 g/mol. The van der Waals surface area contributed by atoms with Crippen LogP contribution in [0.3, 0.4) is 0 Å². The Morgan fingerprint density at radius 1 is 1.11 bits per heavy atom. The highest BCUT2D eigenvalue weighted by Crippen LogP contribution is 2.55. The van der Waals surface area contributed by atoms with E-state index in [1.54, 1.807) is 17.7 Å². The van der Waals surface area contributed by atoms with E-state index in [0.717, 1.165) is 0 Å². The first-order valence-electron chi connectivity index (χ1n) is 11.9. The van der Waals surface area contributed by atoms with Gasteiger partial charge < -0.3 is 29.0 Å². The number of aromatic nitrogens is 3. The van der Waals surface area contributed by atoms with Crippen LogP contribution in [0.4, 0.5) is 5.95 Å². The molecule has 1 spiro atoms. The lowest BCUT2D eigenvalue weighted by molar-refractivity contribution is -0.130. The van der Waals surface area contributed by atoms with Crippen molar-refractivity contribution in [2.24, 2.45) is 5.92 Å². The van der Waals surface area contributed by atoms with Gasteiger partial charge in [0.25, 0.3) is 0 Å². The fraction of sp³-hybridized carbons (Fsp3) is 0.308. The smallest absolute Gasteiger partial charge is 0.236 e. The highest BCUT2D eigenvalue weighted by atomic mass is 35.5. The van der Waals surface area contributed by atoms with Crippen molar-refractivity contribution >= 4 is 29.1 Å². The quantitative estimate of drug-likeness (QED) is 0.497. The summed E-state index contributed by atoms with van der Waals surface area (Å²) in [6.07, 6.45) is 1.75. The number of halogens is 1. The van der Waals surface area contributed by atoms with Crippen LogP contribution in [0.15, 0.2) is 41.9 Å². The van der Waals surface area contributed by atoms with E-state index in [2.05, 4.69) is 15.4 Å². The van der Waals surface area contributed by atoms with Gasteiger partial charge in [-0.2, -0.15) is 10.1 Å². The molecule has 0 radical (unpaired) electrons. The fourth-order valence-corrected chi connectivity index (χ4v) is 6.05. The van der Waals surface area contributed by atoms with Crippen molar-refractivity contribution in [1.29, 1.82) is 0 Å². The molecule has 0 amide bonds. The number of ketones is 2. The van der Waals surface area contributed by atoms with E-state index in [9.17, 15) is 9.59 Å². The van der Waals surface area contributed by atoms with Crippen LogP contribution < -0.4 is 29.0 Å². The Morgan fingerprint density at radius 3 is 2.68 bits per heavy atom. The lowest BCUT2D eigenvalue weighted by Gasteiger charge is -2.41. The van der Waals surface area contributed by atoms with Crippen molar-refractivity contribution in [2.45, 2.75) is 25.0 Å². The lowest BCUT2D eigenvalue weighted by atomic mass is 9.69. The van der Waals surface area contributed by atoms with Gasteiger partial charge in [-0.1, -0.05) is 24.6 Å². The second-order valence-corrected chi connectivity index (χ2v) is 9.84. The predicted octanol–water partition coefficient (Wildman–Crippen LogP) is 3.57. The summed E-state index contributed by atoms with van der Waals surface area (Å²) < 4.78 is 29.8. The minimum atomic E-state index is -1.85. The zero-order valence-electron chi connectivity index (χ0n) is 20.5. The summed E-state index contributed by atoms with van der Waals surface area (Å²) in [7, 11) is 2.88. The van der Waals surface area contributed by atoms with Gasteiger partial charge in [-0.05, 0) is 24.1 Å². The Balaban J connectivity index is 1.40. The molecule has 7 rings (SSSR count). The number of methoxy groups -OCH3 is 2. The molecule has 4 aliphatic rings. The van der Waals surface area contributed by atoms with Crippen molar-refractivity contribution in [2.75, 3.05) is 26.3 Å². The Morgan fingerprint density at radius 2 is 1.89 bits per heavy atom. The number of anilines is 1. The number of ether oxygens (including phenoxy) is 5. The van der Waals surface area contributed by atoms with E-state index in [1.165, 1.54) is 26.6 Å². The minimum Gasteiger partial charge on any atom is -0.496 e. The molecule has 0 fully saturated rings. The summed E-state index contributed by atoms with van der Waals surface area (Å²) in [4.78, 5) is 33.1. The van der Waals surface area contributed by atoms with Crippen molar-refractivity contribution in [3.63, 3.8) is 0 Å². The number of nitrogens with zero attached hydrogens (tertiary/aromatic N) is 3. The number of carbonyl (C=O) groups excluding carboxylic acids is 2. The lowest BCUT2D eigenvalue weighted by Crippen LogP contribution is -2.58. The van der Waals surface area contributed by atoms with Crippen LogP contribution in [0, 0.1) is 5.92 Å². The molecule has 3 aliphatic heterocycles. The molecule has 1 aliphatic carbocycles. The average Bonchev–Trinajstić information content (AvgIpc) is 3.65. The van der Waals surface area contributed by atoms with Gasteiger partial charge >= 0.3 is 0 Å². The van der Waals surface area contributed by atoms with Crippen molar-refractivity contribution in [1.82, 2.24) is 14.8 Å². The zero-order chi connectivity index (χ0) is 26.3. The number of hydrogen-bond donors (Lipinski definition) is 1. The monoisotopic (exact) mass is 536 g/mol. The van der Waals surface area contributed by atoms with Gasteiger partial charge in [0.2, 0.25) is 29.9 Å². The van der Waals surface area contributed by atoms with Crippen LogP contribution >= 0.6 is 11.6 Å². The van der Waals surface area contributed by atoms with E-state index in [-0.39, 0.29) is 34.6 Å². The second kappa shape index (κ2) is 7.87. The highest BCUT2D eigenvalue weighted by molar-refractivity contribution is 6.36. The van der Waals surface area contributed by atoms with E-state index >= 15 is 0 Å². The first-order valence-corrected chi connectivity index (χ1v) is 12.3. The fourth-order valence-electron chi connectivity index (χ4n) is 5.78. The Kier molecular flexibility index (Phi) is 4.75. The Hall–Kier alpha value is -4.25. The minimum absolute atomic E-state index is 0.0713. The van der Waals surface area contributed by atoms with Crippen LogP contribution in [0.1, 0.15) is 35.3 Å². The molecule has 1 N–H and O–H groups in total. The summed E-state index contributed by atoms with van der Waals surface area (Å²) in [6.45, 7) is 1.92. The number of nitrogens with one attached hydrogen (secondary N) is 1. The number of Topliss-reactive ketones (excluding diaryl/α,β-unsaturated/α-hetero) is 2. The second-order valence-electron chi connectivity index (χ2n) is 9.46. The van der Waals surface area contributed by atoms with Crippen LogP contribution in [0.2, 0.25) is 5.02 Å². The highest BCUT2D eigenvalue weighted by Gasteiger charge is 2.63. The molecule has 11 nitrogen and oxygen atoms in total. The van der Waals surface area contributed by atoms with Gasteiger partial charge in [-0.25, -0.2) is 4.68 Å². The van der Waals surface area contributed by atoms with Gasteiger partial charge in [-0.15, -0.1) is 0 Å². The summed E-state index contributed by atoms with van der Waals surface area (Å²) in [5, 5.41) is 7.73. The summed E-state index contributed by atoms with van der Waals surface area (Å²) in [5.41, 5.74) is -0.0122. The normalized spacial score (nSPS) is 24.5. The van der Waals surface area contributed by atoms with Gasteiger partial charge in [0, 0.05) is 23.3 Å². The molecule has 1 aromatic heterocycles. The molecule has 12 heteroatoms. The number of carbonyl (C=O) groups is 2. The standard InChI is InChI=1S/C26H21ClN4O7/c1-11-6-13-18(21(31-25(30-13)28-9-29-31)12-4-5-14-15(7-12)37-10-36-14)23(32)26(11)24(33)19-16(34-2)8-17(35-3)20(27)22(19)38-26/h4-5,7-9,11,21H,6,10H2,1-3H3,(H,28,29,30). The number of benzene rings is 2. The molecule has 0 saturated heterocycles. The summed E-state index contributed by atoms with van der Waals surface area (Å²) >= 11 is 6.57. The molecule has 0 bridgehead atoms. The number of fused-ring (bicyclic) bond motifs is 3. The third-order valence-corrected chi connectivity index (χ3v) is 7.95. The van der Waals surface area contributed by atoms with Crippen LogP contribution in [0.5, 0.6) is 28.7 Å². The van der Waals surface area contributed by atoms with Gasteiger partial charge in [0.05, 0.1) is 14.2 Å². The van der Waals surface area contributed by atoms with E-state index in [1.807, 2.05) is 12.1 Å². The molecule has 38 heavy (non-hydrogen) atoms. The SMILES string of the molecule is COc1cc(OC)c2c(c1Cl)OC1(C(=O)C3=C(CC1C)Nc1ncnn1C3c1ccc3c(c1)OCO3)C2=O. The number of rotatable bonds is 3. The summed E-state index contributed by atoms with van der Waals surface area (Å²) in [6, 6.07) is 6.26. The van der Waals surface area contributed by atoms with E-state index in [0.29, 0.717) is 40.7 Å². The molecular formula is C26H21ClN4O7. The van der Waals surface area contributed by atoms with E-state index in [4.69, 9.17) is 35.3 Å². The summed E-state index contributed by atoms with van der Waals surface area (Å²) in [5.74, 6) is 0.674. The third-order valence-electron chi connectivity index (χ3n) is 7.60. The number of allylic oxidation sites excluding steroid dienone is 1. The largest absolute Gasteiger partial charge is 0.496 e. The van der Waals surface area contributed by atoms with Crippen LogP contribution in [-0.2, 0) is 4.79 Å². The maximum Gasteiger partial charge on any atom is 0.236 e. The van der Waals surface area contributed by atoms with Gasteiger partial charge in [-0.3, -0.25) is 9.59 Å². The molecule has 3 atom stereocenters. The first-order chi connectivity index (χ1) is 18.4. The van der Waals surface area contributed by atoms with Gasteiger partial charge in [0.15, 0.2) is 17.2 Å². The topological polar surface area (TPSA) is 123 Å². The number of hydrogen-bond acceptors (Lipinski definition) is 10. The first kappa shape index (κ1) is 22.9. The van der Waals surface area contributed by atoms with Crippen molar-refractivity contribution in [3.8, 4) is 28.7 Å². The molecule has 3 unspecified atom stereocenters. The molecule has 3 aromatic rings. The molecule has 0 saturated carbocycles. The third kappa shape index (κ3) is 2.79. The molecule has 4 heterocycles. The Bertz CT molecular complexity index is 1600. The predicted molar refractivity (Wildman–Crippen MR) is 132 cm³/mol. The van der Waals surface area contributed by atoms with Gasteiger partial charge in [0.1, 0.15) is 34.5 Å². The Labute approximate surface area is 221 Å². The van der Waals surface area contributed by atoms with Crippen LogP contribution in [-0.4, -0.2) is 52.9 Å². The van der Waals surface area contributed by atoms with Crippen molar-refractivity contribution < 1.29 is 33.3 Å². The van der Waals surface area contributed by atoms with E-state index < -0.39 is 29.1 Å². The maximum atomic E-state index is 14.6. The molecule has 194 valence electrons. The molecule has 2 aromatic carbocycles. The molecular weight excluding hydrogens is 516 g/mol. The maximum absolute atomic E-state index is 14.6.